The second-order valence-electron chi connectivity index (χ2n) is 4.34. The summed E-state index contributed by atoms with van der Waals surface area (Å²) in [5.41, 5.74) is 7.15. The number of hydrogen-bond donors (Lipinski definition) is 1. The predicted octanol–water partition coefficient (Wildman–Crippen LogP) is 4.77. The van der Waals surface area contributed by atoms with Crippen LogP contribution in [-0.2, 0) is 9.53 Å². The zero-order valence-corrected chi connectivity index (χ0v) is 14.8. The highest BCUT2D eigenvalue weighted by atomic mass is 79.9. The Labute approximate surface area is 145 Å². The van der Waals surface area contributed by atoms with Crippen molar-refractivity contribution in [3.05, 3.63) is 57.0 Å². The molecule has 0 unspecified atom stereocenters. The van der Waals surface area contributed by atoms with Crippen molar-refractivity contribution in [2.24, 2.45) is 0 Å². The van der Waals surface area contributed by atoms with Gasteiger partial charge >= 0.3 is 5.97 Å². The summed E-state index contributed by atoms with van der Waals surface area (Å²) in [4.78, 5) is 11.1. The Bertz CT molecular complexity index is 689. The number of anilines is 1. The van der Waals surface area contributed by atoms with Gasteiger partial charge in [0.25, 0.3) is 0 Å². The molecule has 2 N–H and O–H groups in total. The van der Waals surface area contributed by atoms with Crippen molar-refractivity contribution in [3.63, 3.8) is 0 Å². The summed E-state index contributed by atoms with van der Waals surface area (Å²) >= 11 is 6.93. The Morgan fingerprint density at radius 2 is 1.73 bits per heavy atom. The van der Waals surface area contributed by atoms with Crippen LogP contribution >= 0.6 is 31.9 Å². The fourth-order valence-corrected chi connectivity index (χ4v) is 3.04. The first kappa shape index (κ1) is 16.6. The molecule has 0 fully saturated rings. The van der Waals surface area contributed by atoms with Crippen LogP contribution in [0.15, 0.2) is 51.4 Å². The fourth-order valence-electron chi connectivity index (χ4n) is 1.66. The van der Waals surface area contributed by atoms with Crippen LogP contribution in [0.3, 0.4) is 0 Å². The van der Waals surface area contributed by atoms with Gasteiger partial charge in [0.2, 0.25) is 0 Å². The Kier molecular flexibility index (Phi) is 5.63. The highest BCUT2D eigenvalue weighted by molar-refractivity contribution is 9.11. The molecule has 114 valence electrons. The Hall–Kier alpha value is -1.79. The van der Waals surface area contributed by atoms with E-state index in [-0.39, 0.29) is 0 Å². The summed E-state index contributed by atoms with van der Waals surface area (Å²) in [6, 6.07) is 10.8. The summed E-state index contributed by atoms with van der Waals surface area (Å²) in [5.74, 6) is 0.905. The molecular formula is C16H13Br2NO3. The topological polar surface area (TPSA) is 61.5 Å². The lowest BCUT2D eigenvalue weighted by Gasteiger charge is -2.11. The third-order valence-corrected chi connectivity index (χ3v) is 3.91. The number of carbonyl (C=O) groups is 1. The second kappa shape index (κ2) is 7.47. The predicted molar refractivity (Wildman–Crippen MR) is 93.8 cm³/mol. The number of carbonyl (C=O) groups excluding carboxylic acids is 1. The lowest BCUT2D eigenvalue weighted by Crippen LogP contribution is -1.93. The lowest BCUT2D eigenvalue weighted by molar-refractivity contribution is -0.134. The molecule has 0 aliphatic carbocycles. The van der Waals surface area contributed by atoms with Crippen LogP contribution in [0.2, 0.25) is 0 Å². The first-order valence-corrected chi connectivity index (χ1v) is 7.86. The van der Waals surface area contributed by atoms with E-state index in [0.717, 1.165) is 14.5 Å². The SMILES string of the molecule is COC(=O)C=Cc1cc(Br)c(Oc2ccc(N)cc2)c(Br)c1. The molecule has 0 spiro atoms. The summed E-state index contributed by atoms with van der Waals surface area (Å²) in [7, 11) is 1.34. The number of nitrogen functional groups attached to an aromatic ring is 1. The van der Waals surface area contributed by atoms with E-state index in [0.29, 0.717) is 17.2 Å². The van der Waals surface area contributed by atoms with Crippen molar-refractivity contribution in [3.8, 4) is 11.5 Å². The van der Waals surface area contributed by atoms with E-state index in [2.05, 4.69) is 36.6 Å². The maximum Gasteiger partial charge on any atom is 0.330 e. The van der Waals surface area contributed by atoms with E-state index in [4.69, 9.17) is 10.5 Å². The van der Waals surface area contributed by atoms with Gasteiger partial charge < -0.3 is 15.2 Å². The summed E-state index contributed by atoms with van der Waals surface area (Å²) in [6.45, 7) is 0. The quantitative estimate of drug-likeness (QED) is 0.434. The summed E-state index contributed by atoms with van der Waals surface area (Å²) < 4.78 is 11.9. The third kappa shape index (κ3) is 4.35. The van der Waals surface area contributed by atoms with Crippen LogP contribution in [0.25, 0.3) is 6.08 Å². The first-order valence-electron chi connectivity index (χ1n) is 6.28. The van der Waals surface area contributed by atoms with Crippen molar-refractivity contribution in [2.45, 2.75) is 0 Å². The van der Waals surface area contributed by atoms with Gasteiger partial charge in [-0.25, -0.2) is 4.79 Å². The smallest absolute Gasteiger partial charge is 0.330 e. The van der Waals surface area contributed by atoms with Gasteiger partial charge in [-0.15, -0.1) is 0 Å². The van der Waals surface area contributed by atoms with E-state index in [1.54, 1.807) is 30.3 Å². The van der Waals surface area contributed by atoms with Crippen molar-refractivity contribution in [2.75, 3.05) is 12.8 Å². The van der Waals surface area contributed by atoms with E-state index in [1.165, 1.54) is 13.2 Å². The minimum Gasteiger partial charge on any atom is -0.466 e. The number of esters is 1. The van der Waals surface area contributed by atoms with Gasteiger partial charge in [-0.05, 0) is 79.9 Å². The molecule has 0 amide bonds. The lowest BCUT2D eigenvalue weighted by atomic mass is 10.2. The largest absolute Gasteiger partial charge is 0.466 e. The van der Waals surface area contributed by atoms with Crippen LogP contribution in [0.5, 0.6) is 11.5 Å². The molecule has 0 bridgehead atoms. The average molecular weight is 427 g/mol. The van der Waals surface area contributed by atoms with Gasteiger partial charge in [0.05, 0.1) is 16.1 Å². The third-order valence-electron chi connectivity index (χ3n) is 2.73. The van der Waals surface area contributed by atoms with Crippen molar-refractivity contribution in [1.29, 1.82) is 0 Å². The summed E-state index contributed by atoms with van der Waals surface area (Å²) in [6.07, 6.45) is 3.02. The maximum atomic E-state index is 11.1. The molecule has 6 heteroatoms. The molecule has 4 nitrogen and oxygen atoms in total. The Morgan fingerprint density at radius 3 is 2.27 bits per heavy atom. The number of methoxy groups -OCH3 is 1. The van der Waals surface area contributed by atoms with Gasteiger partial charge in [0.15, 0.2) is 5.75 Å². The molecule has 0 atom stereocenters. The van der Waals surface area contributed by atoms with Crippen molar-refractivity contribution in [1.82, 2.24) is 0 Å². The molecular weight excluding hydrogens is 414 g/mol. The van der Waals surface area contributed by atoms with Gasteiger partial charge in [-0.3, -0.25) is 0 Å². The molecule has 0 heterocycles. The number of ether oxygens (including phenoxy) is 2. The first-order chi connectivity index (χ1) is 10.5. The van der Waals surface area contributed by atoms with Crippen molar-refractivity contribution >= 4 is 49.6 Å². The number of hydrogen-bond acceptors (Lipinski definition) is 4. The van der Waals surface area contributed by atoms with Crippen LogP contribution in [0.1, 0.15) is 5.56 Å². The Balaban J connectivity index is 2.25. The highest BCUT2D eigenvalue weighted by Gasteiger charge is 2.09. The zero-order valence-electron chi connectivity index (χ0n) is 11.7. The molecule has 0 saturated heterocycles. The molecule has 22 heavy (non-hydrogen) atoms. The number of nitrogens with two attached hydrogens (primary N) is 1. The standard InChI is InChI=1S/C16H13Br2NO3/c1-21-15(20)7-2-10-8-13(17)16(14(18)9-10)22-12-5-3-11(19)4-6-12/h2-9H,19H2,1H3. The van der Waals surface area contributed by atoms with E-state index < -0.39 is 5.97 Å². The van der Waals surface area contributed by atoms with E-state index in [1.807, 2.05) is 12.1 Å². The molecule has 0 saturated carbocycles. The normalized spacial score (nSPS) is 10.7. The van der Waals surface area contributed by atoms with Crippen LogP contribution in [0, 0.1) is 0 Å². The minimum atomic E-state index is -0.408. The van der Waals surface area contributed by atoms with E-state index in [9.17, 15) is 4.79 Å². The molecule has 2 rings (SSSR count). The number of rotatable bonds is 4. The maximum absolute atomic E-state index is 11.1. The van der Waals surface area contributed by atoms with Crippen molar-refractivity contribution < 1.29 is 14.3 Å². The zero-order chi connectivity index (χ0) is 16.1. The molecule has 2 aromatic rings. The van der Waals surface area contributed by atoms with Gasteiger partial charge in [0.1, 0.15) is 5.75 Å². The van der Waals surface area contributed by atoms with Gasteiger partial charge in [-0.2, -0.15) is 0 Å². The molecule has 0 aliphatic rings. The molecule has 0 aromatic heterocycles. The molecule has 0 radical (unpaired) electrons. The summed E-state index contributed by atoms with van der Waals surface area (Å²) in [5, 5.41) is 0. The highest BCUT2D eigenvalue weighted by Crippen LogP contribution is 2.38. The van der Waals surface area contributed by atoms with Crippen LogP contribution in [-0.4, -0.2) is 13.1 Å². The van der Waals surface area contributed by atoms with Gasteiger partial charge in [0, 0.05) is 11.8 Å². The molecule has 2 aromatic carbocycles. The van der Waals surface area contributed by atoms with E-state index >= 15 is 0 Å². The van der Waals surface area contributed by atoms with Gasteiger partial charge in [-0.1, -0.05) is 0 Å². The van der Waals surface area contributed by atoms with Crippen LogP contribution in [0.4, 0.5) is 5.69 Å². The minimum absolute atomic E-state index is 0.408. The fraction of sp³-hybridized carbons (Fsp3) is 0.0625. The van der Waals surface area contributed by atoms with Crippen LogP contribution < -0.4 is 10.5 Å². The monoisotopic (exact) mass is 425 g/mol. The number of benzene rings is 2. The Morgan fingerprint density at radius 1 is 1.14 bits per heavy atom. The number of halogens is 2. The molecule has 0 aliphatic heterocycles. The second-order valence-corrected chi connectivity index (χ2v) is 6.05. The average Bonchev–Trinajstić information content (AvgIpc) is 2.50.